The Balaban J connectivity index is 0.000000191. The molecule has 71 heavy (non-hydrogen) atoms. The summed E-state index contributed by atoms with van der Waals surface area (Å²) in [7, 11) is 3.26. The SMILES string of the molecule is [C-]#[N+]c1c(N)ccnc1N[C@@H](C)c1cc2cccc(-c3ccc(=O)n(C)c3)c2c(=O)n1C(C)C.[C-]#[N+]c1cnc(C)nc1N[C@@H](C)c1cc2cccc(-c3ccnc(OC)c3)c2c(=O)n1-c1ccccc1. The molecule has 0 radical (unpaired) electrons. The summed E-state index contributed by atoms with van der Waals surface area (Å²) in [6.07, 6.45) is 6.46. The van der Waals surface area contributed by atoms with Gasteiger partial charge < -0.3 is 30.2 Å². The lowest BCUT2D eigenvalue weighted by atomic mass is 9.98. The number of ether oxygens (including phenoxy) is 1. The molecule has 3 aromatic carbocycles. The first-order chi connectivity index (χ1) is 34.2. The largest absolute Gasteiger partial charge is 0.481 e. The minimum Gasteiger partial charge on any atom is -0.481 e. The second-order valence-electron chi connectivity index (χ2n) is 17.1. The summed E-state index contributed by atoms with van der Waals surface area (Å²) in [5.41, 5.74) is 11.9. The van der Waals surface area contributed by atoms with Crippen molar-refractivity contribution in [1.82, 2.24) is 33.6 Å². The van der Waals surface area contributed by atoms with Crippen molar-refractivity contribution in [3.05, 3.63) is 205 Å². The van der Waals surface area contributed by atoms with E-state index >= 15 is 0 Å². The summed E-state index contributed by atoms with van der Waals surface area (Å²) >= 11 is 0. The number of aryl methyl sites for hydroxylation is 2. The van der Waals surface area contributed by atoms with E-state index in [4.69, 9.17) is 23.6 Å². The van der Waals surface area contributed by atoms with E-state index in [-0.39, 0.29) is 40.5 Å². The molecule has 0 aliphatic rings. The highest BCUT2D eigenvalue weighted by atomic mass is 16.5. The third-order valence-electron chi connectivity index (χ3n) is 12.0. The number of para-hydroxylation sites is 1. The lowest BCUT2D eigenvalue weighted by Crippen LogP contribution is -2.28. The molecule has 0 aliphatic heterocycles. The number of nitrogen functional groups attached to an aromatic ring is 1. The van der Waals surface area contributed by atoms with Crippen LogP contribution in [0.5, 0.6) is 5.88 Å². The molecule has 354 valence electrons. The number of nitrogens with two attached hydrogens (primary N) is 1. The van der Waals surface area contributed by atoms with Crippen molar-refractivity contribution in [1.29, 1.82) is 0 Å². The molecule has 6 aromatic heterocycles. The molecule has 9 aromatic rings. The van der Waals surface area contributed by atoms with Crippen LogP contribution in [0.4, 0.5) is 28.7 Å². The smallest absolute Gasteiger partial charge is 0.263 e. The van der Waals surface area contributed by atoms with E-state index in [1.807, 2.05) is 119 Å². The third kappa shape index (κ3) is 9.68. The molecule has 0 saturated heterocycles. The number of rotatable bonds is 11. The maximum Gasteiger partial charge on any atom is 0.263 e. The number of fused-ring (bicyclic) bond motifs is 2. The van der Waals surface area contributed by atoms with Crippen LogP contribution in [0.3, 0.4) is 0 Å². The van der Waals surface area contributed by atoms with Gasteiger partial charge in [0.2, 0.25) is 22.8 Å². The monoisotopic (exact) mass is 942 g/mol. The topological polar surface area (TPSA) is 186 Å². The molecule has 4 N–H and O–H groups in total. The molecule has 16 nitrogen and oxygen atoms in total. The predicted molar refractivity (Wildman–Crippen MR) is 281 cm³/mol. The van der Waals surface area contributed by atoms with Crippen molar-refractivity contribution in [3.8, 4) is 33.8 Å². The van der Waals surface area contributed by atoms with Gasteiger partial charge in [0.1, 0.15) is 17.5 Å². The molecular weight excluding hydrogens is 893 g/mol. The van der Waals surface area contributed by atoms with E-state index < -0.39 is 0 Å². The van der Waals surface area contributed by atoms with E-state index in [0.29, 0.717) is 45.5 Å². The molecule has 0 saturated carbocycles. The van der Waals surface area contributed by atoms with Gasteiger partial charge in [-0.25, -0.2) is 19.7 Å². The molecule has 2 atom stereocenters. The number of nitrogens with zero attached hydrogens (tertiary/aromatic N) is 9. The molecule has 6 heterocycles. The van der Waals surface area contributed by atoms with Gasteiger partial charge in [-0.05, 0) is 110 Å². The average molecular weight is 943 g/mol. The Morgan fingerprint density at radius 3 is 2.00 bits per heavy atom. The maximum absolute atomic E-state index is 14.2. The van der Waals surface area contributed by atoms with Crippen LogP contribution in [0.2, 0.25) is 0 Å². The number of benzene rings is 3. The first kappa shape index (κ1) is 48.1. The van der Waals surface area contributed by atoms with Crippen molar-refractivity contribution >= 4 is 50.2 Å². The Labute approximate surface area is 409 Å². The lowest BCUT2D eigenvalue weighted by Gasteiger charge is -2.24. The number of methoxy groups -OCH3 is 1. The third-order valence-corrected chi connectivity index (χ3v) is 12.0. The van der Waals surface area contributed by atoms with Gasteiger partial charge in [0.25, 0.3) is 11.1 Å². The van der Waals surface area contributed by atoms with Crippen LogP contribution in [-0.4, -0.2) is 40.7 Å². The van der Waals surface area contributed by atoms with Crippen LogP contribution in [0.15, 0.2) is 148 Å². The summed E-state index contributed by atoms with van der Waals surface area (Å²) < 4.78 is 10.3. The van der Waals surface area contributed by atoms with Crippen molar-refractivity contribution in [3.63, 3.8) is 0 Å². The Morgan fingerprint density at radius 1 is 0.690 bits per heavy atom. The molecule has 16 heteroatoms. The zero-order valence-corrected chi connectivity index (χ0v) is 40.2. The second kappa shape index (κ2) is 20.4. The van der Waals surface area contributed by atoms with E-state index in [1.54, 1.807) is 60.9 Å². The summed E-state index contributed by atoms with van der Waals surface area (Å²) in [4.78, 5) is 64.1. The minimum atomic E-state index is -0.350. The van der Waals surface area contributed by atoms with Gasteiger partial charge in [0.05, 0.1) is 43.1 Å². The molecule has 0 fully saturated rings. The molecule has 0 spiro atoms. The normalized spacial score (nSPS) is 11.8. The average Bonchev–Trinajstić information content (AvgIpc) is 3.37. The predicted octanol–water partition coefficient (Wildman–Crippen LogP) is 10.5. The van der Waals surface area contributed by atoms with Crippen LogP contribution < -0.4 is 37.8 Å². The first-order valence-electron chi connectivity index (χ1n) is 22.7. The number of aromatic nitrogens is 7. The summed E-state index contributed by atoms with van der Waals surface area (Å²) in [6.45, 7) is 24.5. The Kier molecular flexibility index (Phi) is 13.8. The molecule has 0 aliphatic carbocycles. The Hall–Kier alpha value is -9.41. The van der Waals surface area contributed by atoms with Gasteiger partial charge in [-0.15, -0.1) is 0 Å². The highest BCUT2D eigenvalue weighted by Crippen LogP contribution is 2.35. The lowest BCUT2D eigenvalue weighted by molar-refractivity contribution is 0.398. The van der Waals surface area contributed by atoms with Crippen molar-refractivity contribution in [2.75, 3.05) is 23.5 Å². The Morgan fingerprint density at radius 2 is 1.34 bits per heavy atom. The van der Waals surface area contributed by atoms with Crippen LogP contribution in [0.25, 0.3) is 59.2 Å². The highest BCUT2D eigenvalue weighted by Gasteiger charge is 2.23. The van der Waals surface area contributed by atoms with Crippen molar-refractivity contribution in [2.45, 2.75) is 52.7 Å². The fraction of sp³-hybridized carbons (Fsp3) is 0.182. The van der Waals surface area contributed by atoms with Crippen molar-refractivity contribution < 1.29 is 4.74 Å². The van der Waals surface area contributed by atoms with Gasteiger partial charge in [-0.3, -0.25) is 28.9 Å². The molecule has 0 amide bonds. The quantitative estimate of drug-likeness (QED) is 0.105. The zero-order chi connectivity index (χ0) is 50.5. The fourth-order valence-electron chi connectivity index (χ4n) is 8.63. The van der Waals surface area contributed by atoms with E-state index in [9.17, 15) is 14.4 Å². The van der Waals surface area contributed by atoms with Gasteiger partial charge in [0.15, 0.2) is 0 Å². The molecule has 0 bridgehead atoms. The number of nitrogens with one attached hydrogen (secondary N) is 2. The fourth-order valence-corrected chi connectivity index (χ4v) is 8.63. The molecule has 9 rings (SSSR count). The van der Waals surface area contributed by atoms with Gasteiger partial charge in [-0.2, -0.15) is 0 Å². The van der Waals surface area contributed by atoms with E-state index in [0.717, 1.165) is 50.1 Å². The second-order valence-corrected chi connectivity index (χ2v) is 17.1. The zero-order valence-electron chi connectivity index (χ0n) is 40.2. The molecular formula is C55H50N12O4. The summed E-state index contributed by atoms with van der Waals surface area (Å²) in [6, 6.07) is 32.8. The van der Waals surface area contributed by atoms with E-state index in [1.165, 1.54) is 16.8 Å². The van der Waals surface area contributed by atoms with Crippen LogP contribution in [0, 0.1) is 20.1 Å². The van der Waals surface area contributed by atoms with Gasteiger partial charge in [0, 0.05) is 72.8 Å². The number of anilines is 3. The highest BCUT2D eigenvalue weighted by molar-refractivity contribution is 5.97. The number of hydrogen-bond acceptors (Lipinski definition) is 11. The van der Waals surface area contributed by atoms with Crippen LogP contribution in [0.1, 0.15) is 63.0 Å². The molecule has 0 unspecified atom stereocenters. The summed E-state index contributed by atoms with van der Waals surface area (Å²) in [5.74, 6) is 1.84. The van der Waals surface area contributed by atoms with Crippen molar-refractivity contribution in [2.24, 2.45) is 7.05 Å². The summed E-state index contributed by atoms with van der Waals surface area (Å²) in [5, 5.41) is 9.38. The number of hydrogen-bond donors (Lipinski definition) is 3. The standard InChI is InChI=1S/C29H24N6O2.C26H26N6O2/c1-18(33-28-24(30-3)17-32-19(2)34-28)25-15-21-9-8-12-23(20-13-14-31-26(16-20)37-4)27(21)29(36)35(25)22-10-6-5-7-11-22;1-15(2)32-21(16(3)30-25-24(28-4)20(27)11-12-29-25)13-17-7-6-8-19(23(17)26(32)34)18-9-10-22(33)31(5)14-18/h5-18H,1-2,4H3,(H,32,33,34);6-16H,1-3,5H3,(H3,27,29,30)/t18-;16-/m00/s1. The maximum atomic E-state index is 14.2. The van der Waals surface area contributed by atoms with Crippen LogP contribution in [-0.2, 0) is 7.05 Å². The van der Waals surface area contributed by atoms with Crippen LogP contribution >= 0.6 is 0 Å². The van der Waals surface area contributed by atoms with Gasteiger partial charge in [-0.1, -0.05) is 54.6 Å². The minimum absolute atomic E-state index is 0.111. The first-order valence-corrected chi connectivity index (χ1v) is 22.7. The van der Waals surface area contributed by atoms with E-state index in [2.05, 4.69) is 40.3 Å². The Bertz CT molecular complexity index is 3760. The van der Waals surface area contributed by atoms with Gasteiger partial charge >= 0.3 is 0 Å². The number of pyridine rings is 5.